The van der Waals surface area contributed by atoms with E-state index in [1.807, 2.05) is 12.1 Å². The molecule has 0 radical (unpaired) electrons. The van der Waals surface area contributed by atoms with Gasteiger partial charge in [-0.2, -0.15) is 0 Å². The fraction of sp³-hybridized carbons (Fsp3) is 0.647. The summed E-state index contributed by atoms with van der Waals surface area (Å²) in [4.78, 5) is 0. The molecule has 0 heterocycles. The van der Waals surface area contributed by atoms with Gasteiger partial charge in [-0.25, -0.2) is 0 Å². The molecule has 19 heavy (non-hydrogen) atoms. The number of hydrogen-bond acceptors (Lipinski definition) is 1. The quantitative estimate of drug-likeness (QED) is 0.735. The van der Waals surface area contributed by atoms with Crippen molar-refractivity contribution in [3.05, 3.63) is 34.9 Å². The minimum Gasteiger partial charge on any atom is -0.313 e. The van der Waals surface area contributed by atoms with Crippen molar-refractivity contribution in [2.45, 2.75) is 59.4 Å². The van der Waals surface area contributed by atoms with Gasteiger partial charge < -0.3 is 5.32 Å². The van der Waals surface area contributed by atoms with Crippen LogP contribution in [0, 0.1) is 5.41 Å². The molecule has 0 aliphatic rings. The predicted molar refractivity (Wildman–Crippen MR) is 85.9 cm³/mol. The number of aryl methyl sites for hydroxylation is 1. The van der Waals surface area contributed by atoms with Crippen molar-refractivity contribution >= 4 is 11.6 Å². The van der Waals surface area contributed by atoms with Crippen molar-refractivity contribution in [3.63, 3.8) is 0 Å². The molecule has 0 aliphatic carbocycles. The van der Waals surface area contributed by atoms with Crippen LogP contribution in [0.5, 0.6) is 0 Å². The maximum absolute atomic E-state index is 6.02. The summed E-state index contributed by atoms with van der Waals surface area (Å²) in [5.74, 6) is 0. The molecule has 0 amide bonds. The van der Waals surface area contributed by atoms with Gasteiger partial charge in [-0.15, -0.1) is 0 Å². The Kier molecular flexibility index (Phi) is 6.88. The van der Waals surface area contributed by atoms with Crippen molar-refractivity contribution in [3.8, 4) is 0 Å². The third kappa shape index (κ3) is 6.44. The summed E-state index contributed by atoms with van der Waals surface area (Å²) in [6.45, 7) is 10.3. The molecule has 1 N–H and O–H groups in total. The van der Waals surface area contributed by atoms with Gasteiger partial charge in [-0.05, 0) is 55.3 Å². The van der Waals surface area contributed by atoms with Gasteiger partial charge >= 0.3 is 0 Å². The Morgan fingerprint density at radius 1 is 1.26 bits per heavy atom. The maximum Gasteiger partial charge on any atom is 0.0408 e. The molecule has 1 nitrogen and oxygen atoms in total. The average molecular weight is 282 g/mol. The van der Waals surface area contributed by atoms with Crippen LogP contribution in [0.2, 0.25) is 5.02 Å². The first-order chi connectivity index (χ1) is 8.93. The molecule has 108 valence electrons. The highest BCUT2D eigenvalue weighted by Gasteiger charge is 2.23. The topological polar surface area (TPSA) is 12.0 Å². The molecule has 0 aromatic heterocycles. The molecular formula is C17H28ClN. The van der Waals surface area contributed by atoms with Gasteiger partial charge in [0.05, 0.1) is 0 Å². The lowest BCUT2D eigenvalue weighted by atomic mass is 9.83. The third-order valence-electron chi connectivity index (χ3n) is 3.53. The van der Waals surface area contributed by atoms with Crippen LogP contribution in [-0.4, -0.2) is 12.6 Å². The Hall–Kier alpha value is -0.530. The summed E-state index contributed by atoms with van der Waals surface area (Å²) in [6.07, 6.45) is 4.73. The first-order valence-electron chi connectivity index (χ1n) is 7.41. The van der Waals surface area contributed by atoms with Crippen molar-refractivity contribution in [2.75, 3.05) is 6.54 Å². The van der Waals surface area contributed by atoms with Crippen molar-refractivity contribution in [2.24, 2.45) is 5.41 Å². The van der Waals surface area contributed by atoms with E-state index in [2.05, 4.69) is 45.1 Å². The Bertz CT molecular complexity index is 368. The van der Waals surface area contributed by atoms with Crippen molar-refractivity contribution in [1.82, 2.24) is 5.32 Å². The molecule has 1 aromatic rings. The van der Waals surface area contributed by atoms with E-state index in [1.54, 1.807) is 0 Å². The molecule has 0 aliphatic heterocycles. The number of benzene rings is 1. The smallest absolute Gasteiger partial charge is 0.0408 e. The van der Waals surface area contributed by atoms with Gasteiger partial charge in [0, 0.05) is 11.1 Å². The molecule has 0 bridgehead atoms. The molecule has 1 unspecified atom stereocenters. The summed E-state index contributed by atoms with van der Waals surface area (Å²) in [5.41, 5.74) is 1.67. The van der Waals surface area contributed by atoms with Crippen LogP contribution < -0.4 is 5.32 Å². The monoisotopic (exact) mass is 281 g/mol. The van der Waals surface area contributed by atoms with Crippen LogP contribution in [0.25, 0.3) is 0 Å². The van der Waals surface area contributed by atoms with E-state index in [-0.39, 0.29) is 0 Å². The largest absolute Gasteiger partial charge is 0.313 e. The fourth-order valence-corrected chi connectivity index (χ4v) is 2.58. The third-order valence-corrected chi connectivity index (χ3v) is 3.77. The van der Waals surface area contributed by atoms with Gasteiger partial charge in [-0.1, -0.05) is 51.4 Å². The van der Waals surface area contributed by atoms with Gasteiger partial charge in [0.25, 0.3) is 0 Å². The second-order valence-electron chi connectivity index (χ2n) is 6.39. The Balaban J connectivity index is 2.43. The second-order valence-corrected chi connectivity index (χ2v) is 6.83. The molecule has 0 spiro atoms. The van der Waals surface area contributed by atoms with E-state index in [1.165, 1.54) is 24.8 Å². The van der Waals surface area contributed by atoms with E-state index < -0.39 is 0 Å². The zero-order valence-corrected chi connectivity index (χ0v) is 13.6. The van der Waals surface area contributed by atoms with Crippen LogP contribution in [0.4, 0.5) is 0 Å². The maximum atomic E-state index is 6.02. The lowest BCUT2D eigenvalue weighted by molar-refractivity contribution is 0.251. The number of rotatable bonds is 7. The molecule has 2 heteroatoms. The molecule has 1 atom stereocenters. The molecular weight excluding hydrogens is 254 g/mol. The average Bonchev–Trinajstić information content (AvgIpc) is 2.32. The minimum absolute atomic E-state index is 0.323. The first-order valence-corrected chi connectivity index (χ1v) is 7.79. The molecule has 1 aromatic carbocycles. The van der Waals surface area contributed by atoms with Crippen LogP contribution >= 0.6 is 11.6 Å². The van der Waals surface area contributed by atoms with Crippen molar-refractivity contribution < 1.29 is 0 Å². The lowest BCUT2D eigenvalue weighted by Crippen LogP contribution is -2.40. The van der Waals surface area contributed by atoms with Crippen LogP contribution in [0.1, 0.15) is 52.5 Å². The van der Waals surface area contributed by atoms with Crippen molar-refractivity contribution in [1.29, 1.82) is 0 Å². The van der Waals surface area contributed by atoms with Crippen LogP contribution in [0.15, 0.2) is 24.3 Å². The summed E-state index contributed by atoms with van der Waals surface area (Å²) >= 11 is 6.02. The summed E-state index contributed by atoms with van der Waals surface area (Å²) < 4.78 is 0. The predicted octanol–water partition coefficient (Wildman–Crippen LogP) is 5.08. The van der Waals surface area contributed by atoms with E-state index >= 15 is 0 Å². The summed E-state index contributed by atoms with van der Waals surface area (Å²) in [7, 11) is 0. The highest BCUT2D eigenvalue weighted by atomic mass is 35.5. The Morgan fingerprint density at radius 3 is 2.58 bits per heavy atom. The molecule has 0 saturated heterocycles. The molecule has 0 saturated carbocycles. The van der Waals surface area contributed by atoms with Gasteiger partial charge in [0.1, 0.15) is 0 Å². The zero-order chi connectivity index (χ0) is 14.3. The Morgan fingerprint density at radius 2 is 2.00 bits per heavy atom. The first kappa shape index (κ1) is 16.5. The second kappa shape index (κ2) is 7.91. The molecule has 0 fully saturated rings. The van der Waals surface area contributed by atoms with Gasteiger partial charge in [0.15, 0.2) is 0 Å². The van der Waals surface area contributed by atoms with Gasteiger partial charge in [0.2, 0.25) is 0 Å². The normalized spacial score (nSPS) is 13.5. The van der Waals surface area contributed by atoms with E-state index in [0.29, 0.717) is 11.5 Å². The summed E-state index contributed by atoms with van der Waals surface area (Å²) in [6, 6.07) is 8.80. The summed E-state index contributed by atoms with van der Waals surface area (Å²) in [5, 5.41) is 4.52. The lowest BCUT2D eigenvalue weighted by Gasteiger charge is -2.32. The van der Waals surface area contributed by atoms with E-state index in [0.717, 1.165) is 18.0 Å². The zero-order valence-electron chi connectivity index (χ0n) is 12.8. The highest BCUT2D eigenvalue weighted by Crippen LogP contribution is 2.24. The van der Waals surface area contributed by atoms with E-state index in [4.69, 9.17) is 11.6 Å². The SMILES string of the molecule is CCCNC(CCCc1cccc(Cl)c1)C(C)(C)C. The standard InChI is InChI=1S/C17H28ClN/c1-5-12-19-16(17(2,3)4)11-7-9-14-8-6-10-15(18)13-14/h6,8,10,13,16,19H,5,7,9,11-12H2,1-4H3. The van der Waals surface area contributed by atoms with Gasteiger partial charge in [-0.3, -0.25) is 0 Å². The van der Waals surface area contributed by atoms with E-state index in [9.17, 15) is 0 Å². The van der Waals surface area contributed by atoms with Crippen LogP contribution in [0.3, 0.4) is 0 Å². The van der Waals surface area contributed by atoms with Crippen LogP contribution in [-0.2, 0) is 6.42 Å². The highest BCUT2D eigenvalue weighted by molar-refractivity contribution is 6.30. The number of halogens is 1. The number of nitrogens with one attached hydrogen (secondary N) is 1. The fourth-order valence-electron chi connectivity index (χ4n) is 2.36. The Labute approximate surface area is 123 Å². The number of hydrogen-bond donors (Lipinski definition) is 1. The molecule has 1 rings (SSSR count). The minimum atomic E-state index is 0.323.